The first kappa shape index (κ1) is 78.2. The number of hydrogen-bond acceptors (Lipinski definition) is 8. The molecule has 0 bridgehead atoms. The molecule has 1 heterocycles. The summed E-state index contributed by atoms with van der Waals surface area (Å²) in [6.45, 7) is 3.81. The smallest absolute Gasteiger partial charge is 0.220 e. The number of hydrogen-bond donors (Lipinski definition) is 6. The van der Waals surface area contributed by atoms with Gasteiger partial charge in [-0.05, 0) is 70.6 Å². The lowest BCUT2D eigenvalue weighted by molar-refractivity contribution is -0.302. The predicted molar refractivity (Wildman–Crippen MR) is 350 cm³/mol. The van der Waals surface area contributed by atoms with Gasteiger partial charge in [0.25, 0.3) is 0 Å². The van der Waals surface area contributed by atoms with Gasteiger partial charge in [0, 0.05) is 6.42 Å². The Kier molecular flexibility index (Phi) is 59.3. The quantitative estimate of drug-likeness (QED) is 0.0261. The van der Waals surface area contributed by atoms with E-state index in [0.717, 1.165) is 44.9 Å². The number of nitrogens with one attached hydrogen (secondary N) is 1. The van der Waals surface area contributed by atoms with Gasteiger partial charge in [0.2, 0.25) is 5.91 Å². The zero-order valence-corrected chi connectivity index (χ0v) is 54.0. The van der Waals surface area contributed by atoms with Crippen LogP contribution in [0.1, 0.15) is 354 Å². The Hall–Kier alpha value is -1.85. The first-order chi connectivity index (χ1) is 40.3. The Bertz CT molecular complexity index is 1430. The SMILES string of the molecule is CCCCCCCCCCCCCCCC/C=C\CCCCCCCCCCCCCCCCCCCC(=O)NC(COC1OC(CO)C(O)C(O)C1O)C(O)/C=C/CC/C=C/CC/C=C/CCCCCCCCCCCCCCCC. The molecule has 0 aliphatic carbocycles. The molecule has 0 spiro atoms. The largest absolute Gasteiger partial charge is 0.394 e. The maximum absolute atomic E-state index is 13.1. The predicted octanol–water partition coefficient (Wildman–Crippen LogP) is 19.6. The van der Waals surface area contributed by atoms with E-state index < -0.39 is 49.5 Å². The van der Waals surface area contributed by atoms with Crippen molar-refractivity contribution >= 4 is 5.91 Å². The molecule has 1 aliphatic heterocycles. The first-order valence-electron chi connectivity index (χ1n) is 35.9. The molecular formula is C73H137NO8. The Morgan fingerprint density at radius 2 is 0.695 bits per heavy atom. The number of aliphatic hydroxyl groups is 5. The van der Waals surface area contributed by atoms with Crippen molar-refractivity contribution in [3.8, 4) is 0 Å². The van der Waals surface area contributed by atoms with E-state index in [0.29, 0.717) is 6.42 Å². The molecule has 1 fully saturated rings. The maximum Gasteiger partial charge on any atom is 0.220 e. The van der Waals surface area contributed by atoms with Crippen LogP contribution in [0.2, 0.25) is 0 Å². The molecule has 7 unspecified atom stereocenters. The number of unbranched alkanes of at least 4 members (excludes halogenated alkanes) is 47. The lowest BCUT2D eigenvalue weighted by Gasteiger charge is -2.40. The fraction of sp³-hybridized carbons (Fsp3) is 0.877. The molecule has 0 radical (unpaired) electrons. The zero-order chi connectivity index (χ0) is 59.3. The summed E-state index contributed by atoms with van der Waals surface area (Å²) < 4.78 is 11.3. The summed E-state index contributed by atoms with van der Waals surface area (Å²) in [5, 5.41) is 54.7. The molecule has 1 saturated heterocycles. The van der Waals surface area contributed by atoms with E-state index >= 15 is 0 Å². The van der Waals surface area contributed by atoms with E-state index in [2.05, 4.69) is 55.6 Å². The molecular weight excluding hydrogens is 1020 g/mol. The van der Waals surface area contributed by atoms with Crippen LogP contribution < -0.4 is 5.32 Å². The Morgan fingerprint density at radius 1 is 0.402 bits per heavy atom. The molecule has 0 saturated carbocycles. The summed E-state index contributed by atoms with van der Waals surface area (Å²) in [4.78, 5) is 13.1. The molecule has 1 aliphatic rings. The van der Waals surface area contributed by atoms with Crippen molar-refractivity contribution in [1.82, 2.24) is 5.32 Å². The monoisotopic (exact) mass is 1160 g/mol. The highest BCUT2D eigenvalue weighted by molar-refractivity contribution is 5.76. The molecule has 1 rings (SSSR count). The maximum atomic E-state index is 13.1. The summed E-state index contributed by atoms with van der Waals surface area (Å²) in [5.74, 6) is -0.185. The van der Waals surface area contributed by atoms with Crippen LogP contribution in [-0.4, -0.2) is 87.5 Å². The van der Waals surface area contributed by atoms with Crippen molar-refractivity contribution in [2.75, 3.05) is 13.2 Å². The molecule has 0 aromatic rings. The number of allylic oxidation sites excluding steroid dienone is 7. The van der Waals surface area contributed by atoms with Gasteiger partial charge in [0.1, 0.15) is 24.4 Å². The number of rotatable bonds is 63. The highest BCUT2D eigenvalue weighted by atomic mass is 16.7. The van der Waals surface area contributed by atoms with Gasteiger partial charge in [0.05, 0.1) is 25.4 Å². The molecule has 7 atom stereocenters. The Labute approximate surface area is 507 Å². The molecule has 6 N–H and O–H groups in total. The van der Waals surface area contributed by atoms with E-state index in [1.54, 1.807) is 6.08 Å². The number of amides is 1. The van der Waals surface area contributed by atoms with Crippen molar-refractivity contribution in [1.29, 1.82) is 0 Å². The van der Waals surface area contributed by atoms with Crippen LogP contribution in [-0.2, 0) is 14.3 Å². The second kappa shape index (κ2) is 62.2. The van der Waals surface area contributed by atoms with Gasteiger partial charge < -0.3 is 40.3 Å². The van der Waals surface area contributed by atoms with Crippen molar-refractivity contribution in [2.45, 2.75) is 397 Å². The normalized spacial score (nSPS) is 18.5. The fourth-order valence-corrected chi connectivity index (χ4v) is 11.5. The van der Waals surface area contributed by atoms with Crippen molar-refractivity contribution < 1.29 is 39.8 Å². The zero-order valence-electron chi connectivity index (χ0n) is 54.0. The number of carbonyl (C=O) groups excluding carboxylic acids is 1. The number of ether oxygens (including phenoxy) is 2. The van der Waals surface area contributed by atoms with E-state index in [9.17, 15) is 30.3 Å². The van der Waals surface area contributed by atoms with Crippen LogP contribution in [0.4, 0.5) is 0 Å². The molecule has 9 heteroatoms. The minimum atomic E-state index is -1.58. The second-order valence-electron chi connectivity index (χ2n) is 25.0. The van der Waals surface area contributed by atoms with Crippen LogP contribution >= 0.6 is 0 Å². The topological polar surface area (TPSA) is 149 Å². The van der Waals surface area contributed by atoms with Crippen LogP contribution in [0.3, 0.4) is 0 Å². The third-order valence-corrected chi connectivity index (χ3v) is 17.1. The second-order valence-corrected chi connectivity index (χ2v) is 25.0. The van der Waals surface area contributed by atoms with Gasteiger partial charge >= 0.3 is 0 Å². The molecule has 0 aromatic carbocycles. The lowest BCUT2D eigenvalue weighted by Crippen LogP contribution is -2.60. The molecule has 0 aromatic heterocycles. The van der Waals surface area contributed by atoms with Crippen molar-refractivity contribution in [2.24, 2.45) is 0 Å². The first-order valence-corrected chi connectivity index (χ1v) is 35.9. The molecule has 1 amide bonds. The average molecular weight is 1160 g/mol. The minimum Gasteiger partial charge on any atom is -0.394 e. The van der Waals surface area contributed by atoms with Crippen molar-refractivity contribution in [3.63, 3.8) is 0 Å². The standard InChI is InChI=1S/C73H137NO8/c1-3-5-7-9-11-13-15-17-19-21-23-25-27-29-30-31-32-33-34-35-36-37-38-39-41-43-45-47-49-51-53-55-57-59-61-63-69(77)74-66(65-81-73-72(80)71(79)70(78)68(64-75)82-73)67(76)62-60-58-56-54-52-50-48-46-44-42-40-28-26-24-22-20-18-16-14-12-10-8-6-4-2/h31-32,44,46,52,54,60,62,66-68,70-73,75-76,78-80H,3-30,33-43,45,47-51,53,55-59,61,63-65H2,1-2H3,(H,74,77)/b32-31-,46-44+,54-52+,62-60+. The number of carbonyl (C=O) groups is 1. The lowest BCUT2D eigenvalue weighted by atomic mass is 9.99. The molecule has 482 valence electrons. The van der Waals surface area contributed by atoms with Crippen LogP contribution in [0, 0.1) is 0 Å². The van der Waals surface area contributed by atoms with Crippen molar-refractivity contribution in [3.05, 3.63) is 48.6 Å². The van der Waals surface area contributed by atoms with Gasteiger partial charge in [-0.3, -0.25) is 4.79 Å². The van der Waals surface area contributed by atoms with Gasteiger partial charge in [0.15, 0.2) is 6.29 Å². The fourth-order valence-electron chi connectivity index (χ4n) is 11.5. The highest BCUT2D eigenvalue weighted by Crippen LogP contribution is 2.23. The van der Waals surface area contributed by atoms with Gasteiger partial charge in [-0.25, -0.2) is 0 Å². The van der Waals surface area contributed by atoms with E-state index in [-0.39, 0.29) is 12.5 Å². The van der Waals surface area contributed by atoms with E-state index in [1.165, 1.54) is 289 Å². The van der Waals surface area contributed by atoms with Crippen LogP contribution in [0.5, 0.6) is 0 Å². The Morgan fingerprint density at radius 3 is 1.02 bits per heavy atom. The highest BCUT2D eigenvalue weighted by Gasteiger charge is 2.44. The average Bonchev–Trinajstić information content (AvgIpc) is 3.52. The van der Waals surface area contributed by atoms with E-state index in [1.807, 2.05) is 6.08 Å². The third-order valence-electron chi connectivity index (χ3n) is 17.1. The summed E-state index contributed by atoms with van der Waals surface area (Å²) in [7, 11) is 0. The number of aliphatic hydroxyl groups excluding tert-OH is 5. The Balaban J connectivity index is 2.12. The van der Waals surface area contributed by atoms with Gasteiger partial charge in [-0.15, -0.1) is 0 Å². The third kappa shape index (κ3) is 50.3. The summed E-state index contributed by atoms with van der Waals surface area (Å²) >= 11 is 0. The van der Waals surface area contributed by atoms with Crippen LogP contribution in [0.15, 0.2) is 48.6 Å². The van der Waals surface area contributed by atoms with Crippen LogP contribution in [0.25, 0.3) is 0 Å². The summed E-state index contributed by atoms with van der Waals surface area (Å²) in [6.07, 6.45) is 78.1. The summed E-state index contributed by atoms with van der Waals surface area (Å²) in [6, 6.07) is -0.830. The summed E-state index contributed by atoms with van der Waals surface area (Å²) in [5.41, 5.74) is 0. The minimum absolute atomic E-state index is 0.185. The van der Waals surface area contributed by atoms with Gasteiger partial charge in [-0.2, -0.15) is 0 Å². The molecule has 9 nitrogen and oxygen atoms in total. The van der Waals surface area contributed by atoms with Gasteiger partial charge in [-0.1, -0.05) is 326 Å². The molecule has 82 heavy (non-hydrogen) atoms. The van der Waals surface area contributed by atoms with E-state index in [4.69, 9.17) is 9.47 Å².